The molecule has 0 saturated carbocycles. The normalized spacial score (nSPS) is 11.7. The van der Waals surface area contributed by atoms with Crippen molar-refractivity contribution in [3.8, 4) is 0 Å². The summed E-state index contributed by atoms with van der Waals surface area (Å²) in [5.74, 6) is -0.785. The van der Waals surface area contributed by atoms with Gasteiger partial charge in [0, 0.05) is 5.69 Å². The molecule has 37 heavy (non-hydrogen) atoms. The number of carbonyl (C=O) groups is 1. The number of nitrogens with one attached hydrogen (secondary N) is 1. The van der Waals surface area contributed by atoms with Gasteiger partial charge in [-0.1, -0.05) is 72.3 Å². The van der Waals surface area contributed by atoms with Crippen LogP contribution in [0.3, 0.4) is 0 Å². The monoisotopic (exact) mass is 544 g/mol. The van der Waals surface area contributed by atoms with E-state index in [0.717, 1.165) is 16.4 Å². The van der Waals surface area contributed by atoms with Crippen LogP contribution in [-0.4, -0.2) is 14.3 Å². The second-order valence-electron chi connectivity index (χ2n) is 7.97. The molecule has 190 valence electrons. The van der Waals surface area contributed by atoms with E-state index in [1.807, 2.05) is 0 Å². The number of benzene rings is 4. The van der Waals surface area contributed by atoms with E-state index in [9.17, 15) is 26.4 Å². The number of rotatable bonds is 7. The Morgan fingerprint density at radius 2 is 1.43 bits per heavy atom. The predicted molar refractivity (Wildman–Crippen MR) is 137 cm³/mol. The lowest BCUT2D eigenvalue weighted by Gasteiger charge is -2.26. The molecule has 1 N–H and O–H groups in total. The molecular weight excluding hydrogens is 525 g/mol. The highest BCUT2D eigenvalue weighted by molar-refractivity contribution is 7.92. The molecule has 0 saturated heterocycles. The molecule has 0 bridgehead atoms. The van der Waals surface area contributed by atoms with Crippen LogP contribution in [0, 0.1) is 0 Å². The average Bonchev–Trinajstić information content (AvgIpc) is 2.89. The first-order valence-electron chi connectivity index (χ1n) is 11.0. The highest BCUT2D eigenvalue weighted by Crippen LogP contribution is 2.36. The molecule has 5 nitrogen and oxygen atoms in total. The molecule has 0 heterocycles. The fourth-order valence-electron chi connectivity index (χ4n) is 3.67. The molecule has 0 aromatic heterocycles. The number of amides is 1. The Balaban J connectivity index is 1.76. The number of sulfonamides is 1. The quantitative estimate of drug-likeness (QED) is 0.272. The van der Waals surface area contributed by atoms with E-state index >= 15 is 0 Å². The van der Waals surface area contributed by atoms with Crippen molar-refractivity contribution in [2.75, 3.05) is 9.62 Å². The second kappa shape index (κ2) is 10.7. The minimum atomic E-state index is -4.72. The first-order chi connectivity index (χ1) is 17.6. The van der Waals surface area contributed by atoms with E-state index in [-0.39, 0.29) is 28.4 Å². The molecule has 1 amide bonds. The molecule has 4 rings (SSSR count). The molecule has 10 heteroatoms. The molecule has 0 atom stereocenters. The largest absolute Gasteiger partial charge is 0.417 e. The van der Waals surface area contributed by atoms with Gasteiger partial charge in [0.15, 0.2) is 0 Å². The zero-order chi connectivity index (χ0) is 26.6. The van der Waals surface area contributed by atoms with E-state index < -0.39 is 32.7 Å². The Labute approximate surface area is 217 Å². The second-order valence-corrected chi connectivity index (χ2v) is 10.2. The van der Waals surface area contributed by atoms with Gasteiger partial charge in [-0.05, 0) is 48.0 Å². The molecule has 0 spiro atoms. The number of alkyl halides is 3. The summed E-state index contributed by atoms with van der Waals surface area (Å²) >= 11 is 5.68. The fourth-order valence-corrected chi connectivity index (χ4v) is 5.39. The van der Waals surface area contributed by atoms with Gasteiger partial charge in [-0.3, -0.25) is 9.10 Å². The summed E-state index contributed by atoms with van der Waals surface area (Å²) in [6.07, 6.45) is -4.72. The van der Waals surface area contributed by atoms with Gasteiger partial charge in [0.05, 0.1) is 33.3 Å². The van der Waals surface area contributed by atoms with Crippen molar-refractivity contribution < 1.29 is 26.4 Å². The van der Waals surface area contributed by atoms with Crippen LogP contribution in [0.1, 0.15) is 21.5 Å². The van der Waals surface area contributed by atoms with Gasteiger partial charge in [0.1, 0.15) is 0 Å². The molecule has 0 aliphatic heterocycles. The Kier molecular flexibility index (Phi) is 7.56. The first-order valence-corrected chi connectivity index (χ1v) is 12.8. The predicted octanol–water partition coefficient (Wildman–Crippen LogP) is 7.01. The Hall–Kier alpha value is -3.82. The molecule has 4 aromatic carbocycles. The smallest absolute Gasteiger partial charge is 0.322 e. The Morgan fingerprint density at radius 1 is 0.838 bits per heavy atom. The van der Waals surface area contributed by atoms with Crippen LogP contribution in [0.25, 0.3) is 0 Å². The summed E-state index contributed by atoms with van der Waals surface area (Å²) in [5.41, 5.74) is -0.543. The minimum Gasteiger partial charge on any atom is -0.322 e. The van der Waals surface area contributed by atoms with Crippen molar-refractivity contribution in [2.24, 2.45) is 0 Å². The molecule has 0 fully saturated rings. The molecule has 0 unspecified atom stereocenters. The minimum absolute atomic E-state index is 0.0219. The standard InChI is InChI=1S/C27H20ClF3N2O3S/c28-24-16-15-20(17-23(24)27(29,30)31)32-26(34)22-13-7-8-14-25(22)33(18-19-9-3-1-4-10-19)37(35,36)21-11-5-2-6-12-21/h1-17H,18H2,(H,32,34). The fraction of sp³-hybridized carbons (Fsp3) is 0.0741. The Bertz CT molecular complexity index is 1510. The number of hydrogen-bond donors (Lipinski definition) is 1. The third kappa shape index (κ3) is 5.95. The zero-order valence-electron chi connectivity index (χ0n) is 19.1. The van der Waals surface area contributed by atoms with Gasteiger partial charge < -0.3 is 5.32 Å². The number of para-hydroxylation sites is 1. The summed E-state index contributed by atoms with van der Waals surface area (Å²) in [4.78, 5) is 13.3. The van der Waals surface area contributed by atoms with Gasteiger partial charge in [-0.15, -0.1) is 0 Å². The highest BCUT2D eigenvalue weighted by atomic mass is 35.5. The van der Waals surface area contributed by atoms with Crippen molar-refractivity contribution in [1.82, 2.24) is 0 Å². The van der Waals surface area contributed by atoms with Crippen LogP contribution >= 0.6 is 11.6 Å². The SMILES string of the molecule is O=C(Nc1ccc(Cl)c(C(F)(F)F)c1)c1ccccc1N(Cc1ccccc1)S(=O)(=O)c1ccccc1. The van der Waals surface area contributed by atoms with E-state index in [1.165, 1.54) is 36.4 Å². The molecule has 4 aromatic rings. The van der Waals surface area contributed by atoms with Gasteiger partial charge in [-0.25, -0.2) is 8.42 Å². The zero-order valence-corrected chi connectivity index (χ0v) is 20.7. The van der Waals surface area contributed by atoms with E-state index in [2.05, 4.69) is 5.32 Å². The number of anilines is 2. The van der Waals surface area contributed by atoms with E-state index in [1.54, 1.807) is 54.6 Å². The molecule has 0 aliphatic carbocycles. The van der Waals surface area contributed by atoms with Crippen molar-refractivity contribution in [1.29, 1.82) is 0 Å². The lowest BCUT2D eigenvalue weighted by molar-refractivity contribution is -0.137. The first kappa shape index (κ1) is 26.2. The molecular formula is C27H20ClF3N2O3S. The van der Waals surface area contributed by atoms with Crippen LogP contribution in [0.5, 0.6) is 0 Å². The summed E-state index contributed by atoms with van der Waals surface area (Å²) in [6, 6.07) is 25.6. The summed E-state index contributed by atoms with van der Waals surface area (Å²) < 4.78 is 68.4. The molecule has 0 aliphatic rings. The number of halogens is 4. The van der Waals surface area contributed by atoms with Crippen molar-refractivity contribution in [3.63, 3.8) is 0 Å². The van der Waals surface area contributed by atoms with Gasteiger partial charge in [0.2, 0.25) is 0 Å². The van der Waals surface area contributed by atoms with Gasteiger partial charge >= 0.3 is 6.18 Å². The summed E-state index contributed by atoms with van der Waals surface area (Å²) in [6.45, 7) is -0.0818. The van der Waals surface area contributed by atoms with Crippen molar-refractivity contribution in [3.05, 3.63) is 125 Å². The number of hydrogen-bond acceptors (Lipinski definition) is 3. The topological polar surface area (TPSA) is 66.5 Å². The van der Waals surface area contributed by atoms with Crippen LogP contribution in [0.2, 0.25) is 5.02 Å². The molecule has 0 radical (unpaired) electrons. The highest BCUT2D eigenvalue weighted by Gasteiger charge is 2.34. The van der Waals surface area contributed by atoms with Crippen LogP contribution in [-0.2, 0) is 22.7 Å². The van der Waals surface area contributed by atoms with E-state index in [4.69, 9.17) is 11.6 Å². The summed E-state index contributed by atoms with van der Waals surface area (Å²) in [5, 5.41) is 1.92. The summed E-state index contributed by atoms with van der Waals surface area (Å²) in [7, 11) is -4.13. The third-order valence-electron chi connectivity index (χ3n) is 5.45. The lowest BCUT2D eigenvalue weighted by atomic mass is 10.1. The van der Waals surface area contributed by atoms with Crippen molar-refractivity contribution in [2.45, 2.75) is 17.6 Å². The maximum Gasteiger partial charge on any atom is 0.417 e. The maximum atomic E-state index is 13.7. The number of nitrogens with zero attached hydrogens (tertiary/aromatic N) is 1. The van der Waals surface area contributed by atoms with Crippen molar-refractivity contribution >= 4 is 38.9 Å². The average molecular weight is 545 g/mol. The van der Waals surface area contributed by atoms with E-state index in [0.29, 0.717) is 5.56 Å². The third-order valence-corrected chi connectivity index (χ3v) is 7.55. The Morgan fingerprint density at radius 3 is 2.08 bits per heavy atom. The van der Waals surface area contributed by atoms with Gasteiger partial charge in [-0.2, -0.15) is 13.2 Å². The van der Waals surface area contributed by atoms with Gasteiger partial charge in [0.25, 0.3) is 15.9 Å². The van der Waals surface area contributed by atoms with Crippen LogP contribution in [0.15, 0.2) is 108 Å². The maximum absolute atomic E-state index is 13.7. The van der Waals surface area contributed by atoms with Crippen LogP contribution < -0.4 is 9.62 Å². The number of carbonyl (C=O) groups excluding carboxylic acids is 1. The van der Waals surface area contributed by atoms with Crippen LogP contribution in [0.4, 0.5) is 24.5 Å². The lowest BCUT2D eigenvalue weighted by Crippen LogP contribution is -2.32.